The Kier molecular flexibility index (Phi) is 4.42. The van der Waals surface area contributed by atoms with Crippen molar-refractivity contribution >= 4 is 27.5 Å². The predicted molar refractivity (Wildman–Crippen MR) is 74.7 cm³/mol. The first-order valence-corrected chi connectivity index (χ1v) is 6.77. The first-order valence-electron chi connectivity index (χ1n) is 5.60. The van der Waals surface area contributed by atoms with E-state index < -0.39 is 17.8 Å². The molecule has 0 saturated heterocycles. The summed E-state index contributed by atoms with van der Waals surface area (Å²) in [5, 5.41) is 10.6. The van der Waals surface area contributed by atoms with Crippen molar-refractivity contribution in [2.45, 2.75) is 12.3 Å². The van der Waals surface area contributed by atoms with Gasteiger partial charge in [0.1, 0.15) is 6.10 Å². The molecule has 0 aromatic heterocycles. The third-order valence-electron chi connectivity index (χ3n) is 2.82. The third kappa shape index (κ3) is 3.16. The van der Waals surface area contributed by atoms with E-state index in [1.165, 1.54) is 6.07 Å². The summed E-state index contributed by atoms with van der Waals surface area (Å²) in [6.45, 7) is 0. The molecular weight excluding hydrogens is 357 g/mol. The molecule has 0 bridgehead atoms. The predicted octanol–water partition coefficient (Wildman–Crippen LogP) is 5.20. The zero-order valence-electron chi connectivity index (χ0n) is 9.96. The molecule has 106 valence electrons. The molecule has 6 heteroatoms. The maximum absolute atomic E-state index is 12.7. The average molecular weight is 366 g/mol. The molecule has 0 spiro atoms. The highest BCUT2D eigenvalue weighted by molar-refractivity contribution is 9.10. The molecule has 0 saturated carbocycles. The molecule has 0 radical (unpaired) electrons. The van der Waals surface area contributed by atoms with Crippen molar-refractivity contribution in [3.05, 3.63) is 68.7 Å². The molecular formula is C14H9BrClF3O. The van der Waals surface area contributed by atoms with E-state index in [0.29, 0.717) is 15.1 Å². The van der Waals surface area contributed by atoms with Crippen LogP contribution < -0.4 is 0 Å². The minimum atomic E-state index is -4.46. The normalized spacial score (nSPS) is 13.3. The number of hydrogen-bond donors (Lipinski definition) is 1. The molecule has 1 nitrogen and oxygen atoms in total. The molecule has 2 aromatic rings. The molecule has 0 aliphatic carbocycles. The largest absolute Gasteiger partial charge is 0.416 e. The molecule has 1 atom stereocenters. The average Bonchev–Trinajstić information content (AvgIpc) is 2.37. The number of aliphatic hydroxyl groups excluding tert-OH is 1. The number of benzene rings is 2. The van der Waals surface area contributed by atoms with Gasteiger partial charge in [-0.3, -0.25) is 0 Å². The number of aliphatic hydroxyl groups is 1. The topological polar surface area (TPSA) is 20.2 Å². The molecule has 0 heterocycles. The Bertz CT molecular complexity index is 628. The minimum absolute atomic E-state index is 0.118. The lowest BCUT2D eigenvalue weighted by molar-refractivity contribution is -0.137. The lowest BCUT2D eigenvalue weighted by Crippen LogP contribution is -2.08. The fourth-order valence-electron chi connectivity index (χ4n) is 1.79. The van der Waals surface area contributed by atoms with Gasteiger partial charge in [-0.25, -0.2) is 0 Å². The molecule has 0 aliphatic rings. The van der Waals surface area contributed by atoms with Crippen molar-refractivity contribution in [1.82, 2.24) is 0 Å². The first-order chi connectivity index (χ1) is 9.30. The summed E-state index contributed by atoms with van der Waals surface area (Å²) in [6, 6.07) is 9.61. The molecule has 0 amide bonds. The lowest BCUT2D eigenvalue weighted by atomic mass is 9.99. The summed E-state index contributed by atoms with van der Waals surface area (Å²) in [6.07, 6.45) is -5.70. The fraction of sp³-hybridized carbons (Fsp3) is 0.143. The summed E-state index contributed by atoms with van der Waals surface area (Å²) >= 11 is 9.10. The Morgan fingerprint density at radius 3 is 2.30 bits per heavy atom. The Hall–Kier alpha value is -1.04. The van der Waals surface area contributed by atoms with Crippen LogP contribution in [0.1, 0.15) is 22.8 Å². The van der Waals surface area contributed by atoms with Crippen LogP contribution in [0.15, 0.2) is 46.9 Å². The van der Waals surface area contributed by atoms with Crippen molar-refractivity contribution in [1.29, 1.82) is 0 Å². The molecule has 2 rings (SSSR count). The number of rotatable bonds is 2. The van der Waals surface area contributed by atoms with Crippen LogP contribution in [0.25, 0.3) is 0 Å². The zero-order chi connectivity index (χ0) is 14.9. The van der Waals surface area contributed by atoms with E-state index in [-0.39, 0.29) is 5.56 Å². The van der Waals surface area contributed by atoms with Gasteiger partial charge >= 0.3 is 6.18 Å². The van der Waals surface area contributed by atoms with Gasteiger partial charge in [0.2, 0.25) is 0 Å². The summed E-state index contributed by atoms with van der Waals surface area (Å²) in [5.41, 5.74) is -0.344. The van der Waals surface area contributed by atoms with Gasteiger partial charge in [0.05, 0.1) is 5.56 Å². The van der Waals surface area contributed by atoms with Gasteiger partial charge in [-0.15, -0.1) is 0 Å². The second-order valence-corrected chi connectivity index (χ2v) is 5.42. The Morgan fingerprint density at radius 2 is 1.70 bits per heavy atom. The van der Waals surface area contributed by atoms with E-state index in [9.17, 15) is 18.3 Å². The van der Waals surface area contributed by atoms with Gasteiger partial charge in [0.15, 0.2) is 0 Å². The van der Waals surface area contributed by atoms with Crippen molar-refractivity contribution in [2.24, 2.45) is 0 Å². The maximum Gasteiger partial charge on any atom is 0.416 e. The Morgan fingerprint density at radius 1 is 1.05 bits per heavy atom. The SMILES string of the molecule is OC(c1ccccc1Cl)c1cc(C(F)(F)F)ccc1Br. The van der Waals surface area contributed by atoms with Crippen LogP contribution in [-0.2, 0) is 6.18 Å². The summed E-state index contributed by atoms with van der Waals surface area (Å²) in [4.78, 5) is 0. The van der Waals surface area contributed by atoms with E-state index in [1.54, 1.807) is 24.3 Å². The molecule has 1 N–H and O–H groups in total. The number of alkyl halides is 3. The van der Waals surface area contributed by atoms with Crippen LogP contribution >= 0.6 is 27.5 Å². The van der Waals surface area contributed by atoms with Gasteiger partial charge in [-0.05, 0) is 29.8 Å². The summed E-state index contributed by atoms with van der Waals surface area (Å²) in [7, 11) is 0. The molecule has 0 aliphatic heterocycles. The van der Waals surface area contributed by atoms with Crippen LogP contribution in [0.5, 0.6) is 0 Å². The van der Waals surface area contributed by atoms with E-state index in [2.05, 4.69) is 15.9 Å². The number of hydrogen-bond acceptors (Lipinski definition) is 1. The van der Waals surface area contributed by atoms with E-state index >= 15 is 0 Å². The number of halogens is 5. The third-order valence-corrected chi connectivity index (χ3v) is 3.88. The van der Waals surface area contributed by atoms with Crippen LogP contribution in [0, 0.1) is 0 Å². The van der Waals surface area contributed by atoms with E-state index in [4.69, 9.17) is 11.6 Å². The second kappa shape index (κ2) is 5.76. The van der Waals surface area contributed by atoms with Crippen molar-refractivity contribution < 1.29 is 18.3 Å². The fourth-order valence-corrected chi connectivity index (χ4v) is 2.50. The standard InChI is InChI=1S/C14H9BrClF3O/c15-11-6-5-8(14(17,18)19)7-10(11)13(20)9-3-1-2-4-12(9)16/h1-7,13,20H. The van der Waals surface area contributed by atoms with Crippen LogP contribution in [0.3, 0.4) is 0 Å². The van der Waals surface area contributed by atoms with Gasteiger partial charge in [0.25, 0.3) is 0 Å². The van der Waals surface area contributed by atoms with Gasteiger partial charge in [-0.2, -0.15) is 13.2 Å². The zero-order valence-corrected chi connectivity index (χ0v) is 12.3. The Labute approximate surface area is 127 Å². The highest BCUT2D eigenvalue weighted by atomic mass is 79.9. The maximum atomic E-state index is 12.7. The molecule has 2 aromatic carbocycles. The van der Waals surface area contributed by atoms with Crippen molar-refractivity contribution in [3.63, 3.8) is 0 Å². The Balaban J connectivity index is 2.50. The van der Waals surface area contributed by atoms with Gasteiger partial charge < -0.3 is 5.11 Å². The van der Waals surface area contributed by atoms with Crippen molar-refractivity contribution in [3.8, 4) is 0 Å². The quantitative estimate of drug-likeness (QED) is 0.775. The lowest BCUT2D eigenvalue weighted by Gasteiger charge is -2.17. The smallest absolute Gasteiger partial charge is 0.384 e. The summed E-state index contributed by atoms with van der Waals surface area (Å²) in [5.74, 6) is 0. The highest BCUT2D eigenvalue weighted by Gasteiger charge is 2.31. The van der Waals surface area contributed by atoms with Crippen molar-refractivity contribution in [2.75, 3.05) is 0 Å². The second-order valence-electron chi connectivity index (χ2n) is 4.16. The molecule has 20 heavy (non-hydrogen) atoms. The minimum Gasteiger partial charge on any atom is -0.384 e. The molecule has 0 fully saturated rings. The molecule has 1 unspecified atom stereocenters. The van der Waals surface area contributed by atoms with Gasteiger partial charge in [0, 0.05) is 15.1 Å². The highest BCUT2D eigenvalue weighted by Crippen LogP contribution is 2.37. The first kappa shape index (κ1) is 15.4. The van der Waals surface area contributed by atoms with Crippen LogP contribution in [0.4, 0.5) is 13.2 Å². The van der Waals surface area contributed by atoms with Gasteiger partial charge in [-0.1, -0.05) is 45.7 Å². The van der Waals surface area contributed by atoms with E-state index in [1.807, 2.05) is 0 Å². The van der Waals surface area contributed by atoms with Crippen LogP contribution in [0.2, 0.25) is 5.02 Å². The monoisotopic (exact) mass is 364 g/mol. The van der Waals surface area contributed by atoms with Crippen LogP contribution in [-0.4, -0.2) is 5.11 Å². The summed E-state index contributed by atoms with van der Waals surface area (Å²) < 4.78 is 38.6. The van der Waals surface area contributed by atoms with E-state index in [0.717, 1.165) is 12.1 Å².